The lowest BCUT2D eigenvalue weighted by atomic mass is 10.0. The van der Waals surface area contributed by atoms with Crippen LogP contribution >= 0.6 is 54.5 Å². The van der Waals surface area contributed by atoms with Gasteiger partial charge in [-0.1, -0.05) is 6.07 Å². The van der Waals surface area contributed by atoms with Gasteiger partial charge < -0.3 is 30.3 Å². The van der Waals surface area contributed by atoms with E-state index >= 15 is 0 Å². The van der Waals surface area contributed by atoms with Crippen molar-refractivity contribution < 1.29 is 54.2 Å². The maximum Gasteiger partial charge on any atom is 0.321 e. The molecule has 2 rings (SSSR count). The van der Waals surface area contributed by atoms with Crippen molar-refractivity contribution in [2.75, 3.05) is 52.4 Å². The summed E-state index contributed by atoms with van der Waals surface area (Å²) in [7, 11) is 0. The molecule has 14 nitrogen and oxygen atoms in total. The van der Waals surface area contributed by atoms with E-state index in [1.807, 2.05) is 18.2 Å². The summed E-state index contributed by atoms with van der Waals surface area (Å²) in [6.45, 7) is -2.93. The van der Waals surface area contributed by atoms with E-state index in [-0.39, 0.29) is 32.6 Å². The Morgan fingerprint density at radius 3 is 1.57 bits per heavy atom. The smallest absolute Gasteiger partial charge is 0.321 e. The predicted molar refractivity (Wildman–Crippen MR) is 171 cm³/mol. The topological polar surface area (TPSA) is 205 Å². The molecule has 2 aromatic rings. The standard InChI is InChI=1S/C27H30Br2IN3O11/c28-19-8-16(9-20(29)26(19)44-18-3-1-2-17(30)11-18)10-21(27(42)43)33(6-4-31(12-22(34)35)13-23(36)37)7-5-32(14-24(38)39)15-25(40)41/h1-3,8-9,11,21H,4-7,10,12-15H2,(H,34,35)(H,36,37)(H,38,39)(H,40,41)(H,42,43)/t21-/m0/s1. The number of benzene rings is 2. The summed E-state index contributed by atoms with van der Waals surface area (Å²) in [4.78, 5) is 61.4. The number of nitrogens with zero attached hydrogens (tertiary/aromatic N) is 3. The number of ether oxygens (including phenoxy) is 1. The zero-order valence-electron chi connectivity index (χ0n) is 23.1. The molecule has 0 unspecified atom stereocenters. The second-order valence-electron chi connectivity index (χ2n) is 9.54. The first-order valence-electron chi connectivity index (χ1n) is 12.8. The molecule has 1 atom stereocenters. The number of hydrogen-bond acceptors (Lipinski definition) is 9. The molecule has 0 amide bonds. The van der Waals surface area contributed by atoms with Crippen LogP contribution in [-0.2, 0) is 30.4 Å². The van der Waals surface area contributed by atoms with E-state index in [1.165, 1.54) is 4.90 Å². The molecule has 0 aromatic heterocycles. The normalized spacial score (nSPS) is 12.0. The van der Waals surface area contributed by atoms with E-state index < -0.39 is 62.1 Å². The number of hydrogen-bond donors (Lipinski definition) is 5. The van der Waals surface area contributed by atoms with Crippen LogP contribution in [0.15, 0.2) is 45.3 Å². The van der Waals surface area contributed by atoms with Gasteiger partial charge in [-0.05, 0) is 96.8 Å². The van der Waals surface area contributed by atoms with Gasteiger partial charge in [0, 0.05) is 29.7 Å². The minimum Gasteiger partial charge on any atom is -0.480 e. The maximum absolute atomic E-state index is 12.6. The monoisotopic (exact) mass is 857 g/mol. The first-order chi connectivity index (χ1) is 20.6. The lowest BCUT2D eigenvalue weighted by Crippen LogP contribution is -2.50. The Kier molecular flexibility index (Phi) is 15.5. The van der Waals surface area contributed by atoms with Crippen LogP contribution in [0.2, 0.25) is 0 Å². The average molecular weight is 859 g/mol. The lowest BCUT2D eigenvalue weighted by molar-refractivity contribution is -0.146. The summed E-state index contributed by atoms with van der Waals surface area (Å²) in [5.74, 6) is -5.31. The van der Waals surface area contributed by atoms with Gasteiger partial charge in [0.15, 0.2) is 5.75 Å². The molecule has 0 saturated carbocycles. The van der Waals surface area contributed by atoms with Crippen LogP contribution in [0, 0.1) is 3.57 Å². The number of aliphatic carboxylic acids is 5. The van der Waals surface area contributed by atoms with Gasteiger partial charge in [-0.25, -0.2) is 0 Å². The summed E-state index contributed by atoms with van der Waals surface area (Å²) in [6, 6.07) is 9.49. The predicted octanol–water partition coefficient (Wildman–Crippen LogP) is 2.85. The molecule has 0 heterocycles. The molecule has 0 saturated heterocycles. The van der Waals surface area contributed by atoms with Crippen LogP contribution in [0.5, 0.6) is 11.5 Å². The molecule has 0 aliphatic heterocycles. The summed E-state index contributed by atoms with van der Waals surface area (Å²) in [5.41, 5.74) is 0.567. The molecule has 5 N–H and O–H groups in total. The van der Waals surface area contributed by atoms with Crippen LogP contribution in [-0.4, -0.2) is 128 Å². The van der Waals surface area contributed by atoms with Crippen molar-refractivity contribution in [1.82, 2.24) is 14.7 Å². The average Bonchev–Trinajstić information content (AvgIpc) is 2.88. The van der Waals surface area contributed by atoms with Gasteiger partial charge in [0.1, 0.15) is 11.8 Å². The van der Waals surface area contributed by atoms with Crippen LogP contribution in [0.25, 0.3) is 0 Å². The van der Waals surface area contributed by atoms with E-state index in [9.17, 15) is 49.5 Å². The third-order valence-electron chi connectivity index (χ3n) is 6.07. The Labute approximate surface area is 282 Å². The molecule has 0 aliphatic rings. The zero-order valence-corrected chi connectivity index (χ0v) is 28.4. The SMILES string of the molecule is O=C(O)CN(CCN(CCN(CC(=O)O)CC(=O)O)[C@@H](Cc1cc(Br)c(Oc2cccc(I)c2)c(Br)c1)C(=O)O)CC(=O)O. The van der Waals surface area contributed by atoms with E-state index in [1.54, 1.807) is 18.2 Å². The highest BCUT2D eigenvalue weighted by Gasteiger charge is 2.29. The second-order valence-corrected chi connectivity index (χ2v) is 12.5. The highest BCUT2D eigenvalue weighted by Crippen LogP contribution is 2.38. The van der Waals surface area contributed by atoms with Crippen LogP contribution in [0.1, 0.15) is 5.56 Å². The fourth-order valence-electron chi connectivity index (χ4n) is 4.23. The number of carboxylic acids is 5. The Hall–Kier alpha value is -2.84. The number of carbonyl (C=O) groups is 5. The summed E-state index contributed by atoms with van der Waals surface area (Å²) in [5, 5.41) is 47.0. The molecule has 17 heteroatoms. The quantitative estimate of drug-likeness (QED) is 0.122. The van der Waals surface area contributed by atoms with Crippen LogP contribution in [0.4, 0.5) is 0 Å². The van der Waals surface area contributed by atoms with E-state index in [4.69, 9.17) is 4.74 Å². The molecular weight excluding hydrogens is 829 g/mol. The van der Waals surface area contributed by atoms with Gasteiger partial charge in [0.25, 0.3) is 0 Å². The largest absolute Gasteiger partial charge is 0.480 e. The summed E-state index contributed by atoms with van der Waals surface area (Å²) in [6.07, 6.45) is -0.0637. The minimum absolute atomic E-state index is 0.0637. The Bertz CT molecular complexity index is 1270. The van der Waals surface area contributed by atoms with Crippen molar-refractivity contribution in [3.8, 4) is 11.5 Å². The Balaban J connectivity index is 2.37. The van der Waals surface area contributed by atoms with E-state index in [0.29, 0.717) is 26.0 Å². The van der Waals surface area contributed by atoms with Crippen molar-refractivity contribution in [2.45, 2.75) is 12.5 Å². The van der Waals surface area contributed by atoms with Gasteiger partial charge in [-0.15, -0.1) is 0 Å². The maximum atomic E-state index is 12.6. The zero-order chi connectivity index (χ0) is 33.0. The summed E-state index contributed by atoms with van der Waals surface area (Å²) < 4.78 is 8.02. The van der Waals surface area contributed by atoms with Crippen LogP contribution in [0.3, 0.4) is 0 Å². The number of halogens is 3. The summed E-state index contributed by atoms with van der Waals surface area (Å²) >= 11 is 9.10. The van der Waals surface area contributed by atoms with Gasteiger partial charge in [-0.2, -0.15) is 0 Å². The van der Waals surface area contributed by atoms with Gasteiger partial charge in [0.2, 0.25) is 0 Å². The van der Waals surface area contributed by atoms with Crippen molar-refractivity contribution in [1.29, 1.82) is 0 Å². The fourth-order valence-corrected chi connectivity index (χ4v) is 6.19. The highest BCUT2D eigenvalue weighted by atomic mass is 127. The molecule has 240 valence electrons. The molecule has 44 heavy (non-hydrogen) atoms. The van der Waals surface area contributed by atoms with Crippen molar-refractivity contribution in [3.05, 3.63) is 54.5 Å². The first kappa shape index (κ1) is 37.3. The number of carboxylic acid groups (broad SMARTS) is 5. The molecule has 0 spiro atoms. The molecule has 0 aliphatic carbocycles. The van der Waals surface area contributed by atoms with Crippen LogP contribution < -0.4 is 4.74 Å². The van der Waals surface area contributed by atoms with Gasteiger partial charge in [0.05, 0.1) is 35.1 Å². The van der Waals surface area contributed by atoms with Gasteiger partial charge >= 0.3 is 29.8 Å². The molecule has 2 aromatic carbocycles. The Morgan fingerprint density at radius 2 is 1.18 bits per heavy atom. The lowest BCUT2D eigenvalue weighted by Gasteiger charge is -2.32. The Morgan fingerprint density at radius 1 is 0.727 bits per heavy atom. The highest BCUT2D eigenvalue weighted by molar-refractivity contribution is 14.1. The molecule has 0 bridgehead atoms. The third kappa shape index (κ3) is 13.4. The van der Waals surface area contributed by atoms with Crippen molar-refractivity contribution in [3.63, 3.8) is 0 Å². The van der Waals surface area contributed by atoms with Crippen molar-refractivity contribution >= 4 is 84.3 Å². The fraction of sp³-hybridized carbons (Fsp3) is 0.370. The van der Waals surface area contributed by atoms with Gasteiger partial charge in [-0.3, -0.25) is 38.7 Å². The second kappa shape index (κ2) is 18.2. The van der Waals surface area contributed by atoms with E-state index in [0.717, 1.165) is 13.4 Å². The first-order valence-corrected chi connectivity index (χ1v) is 15.5. The van der Waals surface area contributed by atoms with Crippen molar-refractivity contribution in [2.24, 2.45) is 0 Å². The number of rotatable bonds is 20. The third-order valence-corrected chi connectivity index (χ3v) is 7.92. The molecular formula is C27H30Br2IN3O11. The molecule has 0 radical (unpaired) electrons. The van der Waals surface area contributed by atoms with E-state index in [2.05, 4.69) is 54.5 Å². The minimum atomic E-state index is -1.27. The molecule has 0 fully saturated rings.